The zero-order valence-electron chi connectivity index (χ0n) is 12.4. The molecule has 6 heteroatoms. The average Bonchev–Trinajstić information content (AvgIpc) is 3.12. The third kappa shape index (κ3) is 3.32. The molecule has 21 heavy (non-hydrogen) atoms. The molecule has 0 saturated carbocycles. The van der Waals surface area contributed by atoms with Gasteiger partial charge in [-0.15, -0.1) is 0 Å². The van der Waals surface area contributed by atoms with Crippen molar-refractivity contribution < 1.29 is 4.79 Å². The van der Waals surface area contributed by atoms with Crippen LogP contribution in [-0.2, 0) is 17.9 Å². The molecule has 0 bridgehead atoms. The molecule has 0 N–H and O–H groups in total. The summed E-state index contributed by atoms with van der Waals surface area (Å²) in [6.07, 6.45) is 11.4. The minimum absolute atomic E-state index is 0.192. The highest BCUT2D eigenvalue weighted by Gasteiger charge is 2.23. The van der Waals surface area contributed by atoms with Crippen LogP contribution in [0, 0.1) is 12.8 Å². The number of likely N-dealkylation sites (tertiary alicyclic amines) is 1. The average molecular weight is 287 g/mol. The van der Waals surface area contributed by atoms with Crippen molar-refractivity contribution >= 4 is 5.91 Å². The van der Waals surface area contributed by atoms with Gasteiger partial charge in [-0.3, -0.25) is 4.79 Å². The highest BCUT2D eigenvalue weighted by Crippen LogP contribution is 2.19. The Labute approximate surface area is 124 Å². The van der Waals surface area contributed by atoms with E-state index in [0.29, 0.717) is 12.5 Å². The van der Waals surface area contributed by atoms with Crippen LogP contribution in [0.5, 0.6) is 0 Å². The number of rotatable bonds is 4. The fraction of sp³-hybridized carbons (Fsp3) is 0.533. The third-order valence-corrected chi connectivity index (χ3v) is 4.22. The van der Waals surface area contributed by atoms with Crippen molar-refractivity contribution in [2.45, 2.75) is 32.9 Å². The van der Waals surface area contributed by atoms with Crippen molar-refractivity contribution in [1.82, 2.24) is 24.0 Å². The highest BCUT2D eigenvalue weighted by atomic mass is 16.2. The largest absolute Gasteiger partial charge is 0.341 e. The second-order valence-corrected chi connectivity index (χ2v) is 5.69. The molecule has 0 aromatic carbocycles. The highest BCUT2D eigenvalue weighted by molar-refractivity contribution is 5.76. The summed E-state index contributed by atoms with van der Waals surface area (Å²) in [7, 11) is 0. The van der Waals surface area contributed by atoms with E-state index < -0.39 is 0 Å². The summed E-state index contributed by atoms with van der Waals surface area (Å²) >= 11 is 0. The van der Waals surface area contributed by atoms with E-state index in [1.807, 2.05) is 41.3 Å². The molecule has 3 rings (SSSR count). The molecule has 0 aliphatic carbocycles. The zero-order valence-corrected chi connectivity index (χ0v) is 12.4. The molecule has 6 nitrogen and oxygen atoms in total. The van der Waals surface area contributed by atoms with Gasteiger partial charge in [0.25, 0.3) is 0 Å². The quantitative estimate of drug-likeness (QED) is 0.852. The molecule has 0 unspecified atom stereocenters. The van der Waals surface area contributed by atoms with E-state index in [1.54, 1.807) is 6.20 Å². The first-order valence-corrected chi connectivity index (χ1v) is 7.43. The van der Waals surface area contributed by atoms with Gasteiger partial charge in [0.2, 0.25) is 5.91 Å². The maximum absolute atomic E-state index is 12.3. The molecule has 1 aliphatic rings. The van der Waals surface area contributed by atoms with Crippen molar-refractivity contribution in [1.29, 1.82) is 0 Å². The molecule has 2 aromatic heterocycles. The van der Waals surface area contributed by atoms with Gasteiger partial charge in [0.15, 0.2) is 0 Å². The molecule has 1 aliphatic heterocycles. The van der Waals surface area contributed by atoms with Crippen molar-refractivity contribution in [3.8, 4) is 0 Å². The summed E-state index contributed by atoms with van der Waals surface area (Å²) in [5.41, 5.74) is 0. The van der Waals surface area contributed by atoms with E-state index in [2.05, 4.69) is 14.5 Å². The topological polar surface area (TPSA) is 56.0 Å². The number of piperidine rings is 1. The number of carbonyl (C=O) groups excluding carboxylic acids is 1. The van der Waals surface area contributed by atoms with Crippen molar-refractivity contribution in [2.24, 2.45) is 5.92 Å². The van der Waals surface area contributed by atoms with Gasteiger partial charge in [0.1, 0.15) is 12.4 Å². The number of amides is 1. The molecule has 1 saturated heterocycles. The van der Waals surface area contributed by atoms with Gasteiger partial charge >= 0.3 is 0 Å². The van der Waals surface area contributed by atoms with Crippen LogP contribution < -0.4 is 0 Å². The Morgan fingerprint density at radius 2 is 2.10 bits per heavy atom. The Hall–Kier alpha value is -2.11. The fourth-order valence-corrected chi connectivity index (χ4v) is 2.87. The van der Waals surface area contributed by atoms with Crippen LogP contribution in [0.2, 0.25) is 0 Å². The Bertz CT molecular complexity index is 581. The molecule has 1 amide bonds. The second-order valence-electron chi connectivity index (χ2n) is 5.69. The maximum atomic E-state index is 12.3. The lowest BCUT2D eigenvalue weighted by Gasteiger charge is -2.32. The Balaban J connectivity index is 1.49. The van der Waals surface area contributed by atoms with Crippen LogP contribution in [0.15, 0.2) is 31.1 Å². The second kappa shape index (κ2) is 6.11. The van der Waals surface area contributed by atoms with Gasteiger partial charge in [0.05, 0.1) is 6.33 Å². The Morgan fingerprint density at radius 3 is 2.71 bits per heavy atom. The van der Waals surface area contributed by atoms with E-state index in [9.17, 15) is 4.79 Å². The smallest absolute Gasteiger partial charge is 0.242 e. The van der Waals surface area contributed by atoms with Crippen molar-refractivity contribution in [2.75, 3.05) is 13.1 Å². The molecule has 2 aromatic rings. The number of nitrogens with zero attached hydrogens (tertiary/aromatic N) is 5. The summed E-state index contributed by atoms with van der Waals surface area (Å²) in [5.74, 6) is 1.72. The number of aryl methyl sites for hydroxylation is 1. The number of hydrogen-bond donors (Lipinski definition) is 0. The lowest BCUT2D eigenvalue weighted by molar-refractivity contribution is -0.133. The van der Waals surface area contributed by atoms with Gasteiger partial charge in [-0.1, -0.05) is 0 Å². The fourth-order valence-electron chi connectivity index (χ4n) is 2.87. The monoisotopic (exact) mass is 287 g/mol. The normalized spacial score (nSPS) is 16.3. The summed E-state index contributed by atoms with van der Waals surface area (Å²) in [6, 6.07) is 0. The SMILES string of the molecule is Cc1nccn1CC(=O)N1CCC(Cn2ccnc2)CC1. The number of aromatic nitrogens is 4. The number of carbonyl (C=O) groups is 1. The van der Waals surface area contributed by atoms with Gasteiger partial charge in [-0.25, -0.2) is 9.97 Å². The van der Waals surface area contributed by atoms with Gasteiger partial charge < -0.3 is 14.0 Å². The van der Waals surface area contributed by atoms with Crippen LogP contribution in [0.3, 0.4) is 0 Å². The van der Waals surface area contributed by atoms with E-state index in [1.165, 1.54) is 0 Å². The zero-order chi connectivity index (χ0) is 14.7. The number of hydrogen-bond acceptors (Lipinski definition) is 3. The predicted octanol–water partition coefficient (Wildman–Crippen LogP) is 1.33. The van der Waals surface area contributed by atoms with Gasteiger partial charge in [-0.2, -0.15) is 0 Å². The number of imidazole rings is 2. The van der Waals surface area contributed by atoms with Gasteiger partial charge in [-0.05, 0) is 25.7 Å². The van der Waals surface area contributed by atoms with Crippen molar-refractivity contribution in [3.05, 3.63) is 36.9 Å². The summed E-state index contributed by atoms with van der Waals surface area (Å²) in [4.78, 5) is 22.5. The lowest BCUT2D eigenvalue weighted by Crippen LogP contribution is -2.41. The minimum atomic E-state index is 0.192. The van der Waals surface area contributed by atoms with E-state index in [-0.39, 0.29) is 5.91 Å². The summed E-state index contributed by atoms with van der Waals surface area (Å²) in [5, 5.41) is 0. The van der Waals surface area contributed by atoms with Crippen molar-refractivity contribution in [3.63, 3.8) is 0 Å². The first kappa shape index (κ1) is 13.9. The van der Waals surface area contributed by atoms with Crippen LogP contribution in [0.25, 0.3) is 0 Å². The molecule has 112 valence electrons. The molecule has 0 radical (unpaired) electrons. The Kier molecular flexibility index (Phi) is 4.03. The Morgan fingerprint density at radius 1 is 1.29 bits per heavy atom. The summed E-state index contributed by atoms with van der Waals surface area (Å²) < 4.78 is 4.02. The van der Waals surface area contributed by atoms with Gasteiger partial charge in [0, 0.05) is 44.4 Å². The molecular formula is C15H21N5O. The first-order valence-electron chi connectivity index (χ1n) is 7.43. The van der Waals surface area contributed by atoms with E-state index in [4.69, 9.17) is 0 Å². The molecular weight excluding hydrogens is 266 g/mol. The molecule has 0 spiro atoms. The summed E-state index contributed by atoms with van der Waals surface area (Å²) in [6.45, 7) is 5.03. The maximum Gasteiger partial charge on any atom is 0.242 e. The third-order valence-electron chi connectivity index (χ3n) is 4.22. The molecule has 0 atom stereocenters. The molecule has 1 fully saturated rings. The predicted molar refractivity (Wildman–Crippen MR) is 78.5 cm³/mol. The van der Waals surface area contributed by atoms with E-state index in [0.717, 1.165) is 38.3 Å². The minimum Gasteiger partial charge on any atom is -0.341 e. The standard InChI is InChI=1S/C15H21N5O/c1-13-17-5-9-20(13)11-15(21)19-6-2-14(3-7-19)10-18-8-4-16-12-18/h4-5,8-9,12,14H,2-3,6-7,10-11H2,1H3. The van der Waals surface area contributed by atoms with Crippen LogP contribution in [0.4, 0.5) is 0 Å². The first-order chi connectivity index (χ1) is 10.2. The van der Waals surface area contributed by atoms with Crippen LogP contribution in [0.1, 0.15) is 18.7 Å². The van der Waals surface area contributed by atoms with Crippen LogP contribution >= 0.6 is 0 Å². The lowest BCUT2D eigenvalue weighted by atomic mass is 9.96. The van der Waals surface area contributed by atoms with E-state index >= 15 is 0 Å². The molecule has 3 heterocycles. The van der Waals surface area contributed by atoms with Crippen LogP contribution in [-0.4, -0.2) is 43.0 Å².